The molecule has 2 aromatic heterocycles. The number of fused-ring (bicyclic) bond motifs is 1. The Balaban J connectivity index is 1.51. The number of anilines is 1. The molecule has 8 heteroatoms. The van der Waals surface area contributed by atoms with E-state index in [-0.39, 0.29) is 5.91 Å². The average molecular weight is 340 g/mol. The second-order valence-corrected chi connectivity index (χ2v) is 6.44. The van der Waals surface area contributed by atoms with Gasteiger partial charge in [-0.1, -0.05) is 30.3 Å². The molecular weight excluding hydrogens is 324 g/mol. The van der Waals surface area contributed by atoms with Crippen LogP contribution in [-0.2, 0) is 13.0 Å². The molecule has 0 fully saturated rings. The normalized spacial score (nSPS) is 14.2. The van der Waals surface area contributed by atoms with Crippen LogP contribution >= 0.6 is 11.3 Å². The summed E-state index contributed by atoms with van der Waals surface area (Å²) in [5, 5.41) is 6.70. The van der Waals surface area contributed by atoms with Gasteiger partial charge in [0.1, 0.15) is 11.5 Å². The van der Waals surface area contributed by atoms with Crippen LogP contribution in [0.5, 0.6) is 0 Å². The van der Waals surface area contributed by atoms with Crippen molar-refractivity contribution < 1.29 is 4.79 Å². The summed E-state index contributed by atoms with van der Waals surface area (Å²) in [4.78, 5) is 23.0. The fraction of sp³-hybridized carbons (Fsp3) is 0.250. The second-order valence-electron chi connectivity index (χ2n) is 5.55. The van der Waals surface area contributed by atoms with Crippen LogP contribution in [0.2, 0.25) is 0 Å². The van der Waals surface area contributed by atoms with Crippen molar-refractivity contribution in [2.24, 2.45) is 0 Å². The second kappa shape index (κ2) is 6.04. The molecule has 3 heterocycles. The summed E-state index contributed by atoms with van der Waals surface area (Å²) < 4.78 is 1.89. The molecule has 122 valence electrons. The Morgan fingerprint density at radius 3 is 2.71 bits per heavy atom. The van der Waals surface area contributed by atoms with Gasteiger partial charge in [-0.25, -0.2) is 14.6 Å². The van der Waals surface area contributed by atoms with Crippen LogP contribution in [-0.4, -0.2) is 43.6 Å². The minimum Gasteiger partial charge on any atom is -0.375 e. The Labute approximate surface area is 142 Å². The molecule has 1 aromatic carbocycles. The predicted molar refractivity (Wildman–Crippen MR) is 91.6 cm³/mol. The number of carbonyl (C=O) groups is 1. The van der Waals surface area contributed by atoms with Crippen molar-refractivity contribution in [1.29, 1.82) is 0 Å². The molecule has 0 saturated carbocycles. The third kappa shape index (κ3) is 2.76. The molecule has 2 N–H and O–H groups in total. The highest BCUT2D eigenvalue weighted by atomic mass is 32.1. The average Bonchev–Trinajstić information content (AvgIpc) is 3.17. The molecular formula is C16H16N6OS. The van der Waals surface area contributed by atoms with Crippen molar-refractivity contribution in [1.82, 2.24) is 24.6 Å². The summed E-state index contributed by atoms with van der Waals surface area (Å²) in [5.41, 5.74) is 7.03. The van der Waals surface area contributed by atoms with Gasteiger partial charge in [0.25, 0.3) is 5.91 Å². The highest BCUT2D eigenvalue weighted by Crippen LogP contribution is 2.18. The van der Waals surface area contributed by atoms with E-state index >= 15 is 0 Å². The van der Waals surface area contributed by atoms with Gasteiger partial charge in [0, 0.05) is 30.5 Å². The first kappa shape index (κ1) is 14.8. The van der Waals surface area contributed by atoms with Crippen LogP contribution in [0.3, 0.4) is 0 Å². The van der Waals surface area contributed by atoms with Crippen molar-refractivity contribution in [3.8, 4) is 11.4 Å². The van der Waals surface area contributed by atoms with E-state index in [9.17, 15) is 4.79 Å². The Morgan fingerprint density at radius 1 is 1.12 bits per heavy atom. The first-order valence-electron chi connectivity index (χ1n) is 7.70. The van der Waals surface area contributed by atoms with Gasteiger partial charge in [-0.05, 0) is 0 Å². The van der Waals surface area contributed by atoms with Crippen molar-refractivity contribution in [2.45, 2.75) is 13.0 Å². The van der Waals surface area contributed by atoms with Crippen LogP contribution in [0.25, 0.3) is 11.4 Å². The third-order valence-corrected chi connectivity index (χ3v) is 4.67. The number of hydrogen-bond acceptors (Lipinski definition) is 6. The summed E-state index contributed by atoms with van der Waals surface area (Å²) in [7, 11) is 0. The molecule has 24 heavy (non-hydrogen) atoms. The lowest BCUT2D eigenvalue weighted by Crippen LogP contribution is -2.34. The molecule has 4 rings (SSSR count). The van der Waals surface area contributed by atoms with Crippen molar-refractivity contribution in [2.75, 3.05) is 18.8 Å². The topological polar surface area (TPSA) is 89.9 Å². The Bertz CT molecular complexity index is 846. The molecule has 0 radical (unpaired) electrons. The van der Waals surface area contributed by atoms with Crippen LogP contribution < -0.4 is 5.73 Å². The van der Waals surface area contributed by atoms with Crippen LogP contribution in [0.15, 0.2) is 35.7 Å². The van der Waals surface area contributed by atoms with E-state index < -0.39 is 0 Å². The first-order chi connectivity index (χ1) is 11.7. The van der Waals surface area contributed by atoms with E-state index in [0.717, 1.165) is 17.2 Å². The molecule has 0 aliphatic carbocycles. The van der Waals surface area contributed by atoms with Crippen molar-refractivity contribution in [3.05, 3.63) is 47.2 Å². The molecule has 0 atom stereocenters. The van der Waals surface area contributed by atoms with E-state index in [0.29, 0.717) is 36.9 Å². The zero-order chi connectivity index (χ0) is 16.5. The van der Waals surface area contributed by atoms with Gasteiger partial charge in [0.05, 0.1) is 6.54 Å². The maximum Gasteiger partial charge on any atom is 0.273 e. The summed E-state index contributed by atoms with van der Waals surface area (Å²) in [6.45, 7) is 1.81. The fourth-order valence-corrected chi connectivity index (χ4v) is 3.30. The lowest BCUT2D eigenvalue weighted by atomic mass is 10.2. The Morgan fingerprint density at radius 2 is 1.96 bits per heavy atom. The Hall–Kier alpha value is -2.74. The van der Waals surface area contributed by atoms with Gasteiger partial charge in [-0.2, -0.15) is 5.10 Å². The van der Waals surface area contributed by atoms with Gasteiger partial charge in [0.15, 0.2) is 11.0 Å². The molecule has 1 aliphatic heterocycles. The summed E-state index contributed by atoms with van der Waals surface area (Å²) in [6, 6.07) is 9.91. The molecule has 3 aromatic rings. The van der Waals surface area contributed by atoms with Crippen molar-refractivity contribution >= 4 is 22.4 Å². The summed E-state index contributed by atoms with van der Waals surface area (Å²) >= 11 is 1.28. The standard InChI is InChI=1S/C16H16N6OS/c17-16-18-12(10-24-16)15(23)21-7-6-13-19-14(20-22(13)9-8-21)11-4-2-1-3-5-11/h1-5,10H,6-9H2,(H2,17,18). The number of hydrogen-bond donors (Lipinski definition) is 1. The molecule has 1 aliphatic rings. The van der Waals surface area contributed by atoms with Crippen LogP contribution in [0.4, 0.5) is 5.13 Å². The van der Waals surface area contributed by atoms with Gasteiger partial charge in [-0.15, -0.1) is 11.3 Å². The lowest BCUT2D eigenvalue weighted by Gasteiger charge is -2.18. The van der Waals surface area contributed by atoms with E-state index in [1.165, 1.54) is 11.3 Å². The van der Waals surface area contributed by atoms with Crippen LogP contribution in [0.1, 0.15) is 16.3 Å². The zero-order valence-corrected chi connectivity index (χ0v) is 13.7. The number of carbonyl (C=O) groups excluding carboxylic acids is 1. The maximum absolute atomic E-state index is 12.5. The molecule has 0 bridgehead atoms. The molecule has 0 spiro atoms. The van der Waals surface area contributed by atoms with Gasteiger partial charge in [-0.3, -0.25) is 4.79 Å². The lowest BCUT2D eigenvalue weighted by molar-refractivity contribution is 0.0753. The van der Waals surface area contributed by atoms with Gasteiger partial charge < -0.3 is 10.6 Å². The first-order valence-corrected chi connectivity index (χ1v) is 8.58. The number of rotatable bonds is 2. The smallest absolute Gasteiger partial charge is 0.273 e. The van der Waals surface area contributed by atoms with E-state index in [2.05, 4.69) is 15.1 Å². The predicted octanol–water partition coefficient (Wildman–Crippen LogP) is 1.68. The quantitative estimate of drug-likeness (QED) is 0.766. The highest BCUT2D eigenvalue weighted by Gasteiger charge is 2.23. The number of amides is 1. The maximum atomic E-state index is 12.5. The van der Waals surface area contributed by atoms with Crippen molar-refractivity contribution in [3.63, 3.8) is 0 Å². The summed E-state index contributed by atoms with van der Waals surface area (Å²) in [5.74, 6) is 1.55. The monoisotopic (exact) mass is 340 g/mol. The fourth-order valence-electron chi connectivity index (χ4n) is 2.76. The number of aromatic nitrogens is 4. The third-order valence-electron chi connectivity index (χ3n) is 4.00. The SMILES string of the molecule is Nc1nc(C(=O)N2CCc3nc(-c4ccccc4)nn3CC2)cs1. The molecule has 0 unspecified atom stereocenters. The zero-order valence-electron chi connectivity index (χ0n) is 12.9. The number of nitrogens with zero attached hydrogens (tertiary/aromatic N) is 5. The highest BCUT2D eigenvalue weighted by molar-refractivity contribution is 7.13. The molecule has 0 saturated heterocycles. The Kier molecular flexibility index (Phi) is 3.73. The number of thiazole rings is 1. The minimum absolute atomic E-state index is 0.0861. The minimum atomic E-state index is -0.0861. The number of nitrogen functional groups attached to an aromatic ring is 1. The van der Waals surface area contributed by atoms with E-state index in [1.54, 1.807) is 10.3 Å². The number of nitrogens with two attached hydrogens (primary N) is 1. The largest absolute Gasteiger partial charge is 0.375 e. The number of benzene rings is 1. The van der Waals surface area contributed by atoms with Crippen LogP contribution in [0, 0.1) is 0 Å². The molecule has 1 amide bonds. The van der Waals surface area contributed by atoms with E-state index in [4.69, 9.17) is 5.73 Å². The molecule has 7 nitrogen and oxygen atoms in total. The van der Waals surface area contributed by atoms with E-state index in [1.807, 2.05) is 35.0 Å². The summed E-state index contributed by atoms with van der Waals surface area (Å²) in [6.07, 6.45) is 0.672. The van der Waals surface area contributed by atoms with Gasteiger partial charge >= 0.3 is 0 Å². The van der Waals surface area contributed by atoms with Gasteiger partial charge in [0.2, 0.25) is 0 Å².